The fraction of sp³-hybridized carbons (Fsp3) is 0.385. The smallest absolute Gasteiger partial charge is 0.383 e. The van der Waals surface area contributed by atoms with Crippen molar-refractivity contribution in [2.75, 3.05) is 20.3 Å². The van der Waals surface area contributed by atoms with Gasteiger partial charge in [0, 0.05) is 30.4 Å². The van der Waals surface area contributed by atoms with Crippen LogP contribution in [-0.2, 0) is 17.8 Å². The molecule has 16 heteroatoms. The van der Waals surface area contributed by atoms with Crippen LogP contribution in [0.5, 0.6) is 0 Å². The number of halogens is 4. The average molecular weight is 607 g/mol. The molecule has 0 saturated carbocycles. The number of amides is 1. The Bertz CT molecular complexity index is 1620. The highest BCUT2D eigenvalue weighted by Gasteiger charge is 2.39. The first-order valence-corrected chi connectivity index (χ1v) is 13.3. The second-order valence-electron chi connectivity index (χ2n) is 9.67. The summed E-state index contributed by atoms with van der Waals surface area (Å²) in [4.78, 5) is 36.9. The standard InChI is InChI=1S/C26H26ClF3N8O4/c1-42-14-18-4-3-11-35(18)24(40)19-5-2-10-31-23(19)38-15-32-21(33-38)13-37-25(41)36(12-20(39)26(28,29)30)22(34-37)16-6-8-17(27)9-7-16/h2,5-10,15,18,20,39H,3-4,11-14H2,1H3/t18-,20?/m1/s1. The van der Waals surface area contributed by atoms with Gasteiger partial charge < -0.3 is 14.7 Å². The first-order chi connectivity index (χ1) is 20.1. The molecule has 2 atom stereocenters. The molecule has 1 aliphatic rings. The molecule has 222 valence electrons. The predicted octanol–water partition coefficient (Wildman–Crippen LogP) is 2.56. The summed E-state index contributed by atoms with van der Waals surface area (Å²) >= 11 is 5.93. The molecule has 4 aromatic rings. The molecule has 1 amide bonds. The average Bonchev–Trinajstić information content (AvgIpc) is 3.69. The molecule has 12 nitrogen and oxygen atoms in total. The van der Waals surface area contributed by atoms with E-state index in [0.29, 0.717) is 29.3 Å². The Morgan fingerprint density at radius 2 is 1.95 bits per heavy atom. The SMILES string of the molecule is COC[C@H]1CCCN1C(=O)c1cccnc1-n1cnc(Cn2nc(-c3ccc(Cl)cc3)n(CC(O)C(F)(F)F)c2=O)n1. The Morgan fingerprint density at radius 3 is 2.67 bits per heavy atom. The quantitative estimate of drug-likeness (QED) is 0.307. The van der Waals surface area contributed by atoms with Gasteiger partial charge in [0.15, 0.2) is 23.6 Å². The van der Waals surface area contributed by atoms with Gasteiger partial charge in [-0.3, -0.25) is 9.36 Å². The van der Waals surface area contributed by atoms with Crippen molar-refractivity contribution in [3.8, 4) is 17.2 Å². The van der Waals surface area contributed by atoms with Crippen LogP contribution in [0.4, 0.5) is 13.2 Å². The summed E-state index contributed by atoms with van der Waals surface area (Å²) < 4.78 is 47.6. The number of carbonyl (C=O) groups is 1. The molecule has 0 bridgehead atoms. The maximum atomic E-state index is 13.4. The van der Waals surface area contributed by atoms with Crippen molar-refractivity contribution in [1.82, 2.24) is 39.0 Å². The van der Waals surface area contributed by atoms with Gasteiger partial charge in [0.1, 0.15) is 12.9 Å². The molecule has 4 heterocycles. The third-order valence-corrected chi connectivity index (χ3v) is 7.07. The van der Waals surface area contributed by atoms with Crippen molar-refractivity contribution < 1.29 is 27.8 Å². The lowest BCUT2D eigenvalue weighted by atomic mass is 10.2. The molecule has 1 saturated heterocycles. The van der Waals surface area contributed by atoms with Crippen LogP contribution in [0.2, 0.25) is 5.02 Å². The Balaban J connectivity index is 1.45. The van der Waals surface area contributed by atoms with E-state index < -0.39 is 24.5 Å². The molecule has 0 radical (unpaired) electrons. The monoisotopic (exact) mass is 606 g/mol. The number of methoxy groups -OCH3 is 1. The zero-order valence-corrected chi connectivity index (χ0v) is 23.0. The number of aromatic nitrogens is 7. The number of aliphatic hydroxyl groups is 1. The van der Waals surface area contributed by atoms with E-state index in [-0.39, 0.29) is 36.0 Å². The van der Waals surface area contributed by atoms with Gasteiger partial charge in [0.05, 0.1) is 24.8 Å². The van der Waals surface area contributed by atoms with Crippen LogP contribution in [0.25, 0.3) is 17.2 Å². The van der Waals surface area contributed by atoms with E-state index in [1.54, 1.807) is 24.1 Å². The molecule has 1 fully saturated rings. The van der Waals surface area contributed by atoms with Crippen molar-refractivity contribution in [1.29, 1.82) is 0 Å². The fourth-order valence-electron chi connectivity index (χ4n) is 4.77. The molecule has 1 aliphatic heterocycles. The Labute approximate surface area is 241 Å². The van der Waals surface area contributed by atoms with Gasteiger partial charge in [-0.05, 0) is 49.2 Å². The minimum Gasteiger partial charge on any atom is -0.383 e. The van der Waals surface area contributed by atoms with Gasteiger partial charge in [-0.2, -0.15) is 13.2 Å². The van der Waals surface area contributed by atoms with E-state index in [1.807, 2.05) is 0 Å². The Hall–Kier alpha value is -4.08. The number of rotatable bonds is 9. The van der Waals surface area contributed by atoms with Gasteiger partial charge in [-0.15, -0.1) is 10.2 Å². The lowest BCUT2D eigenvalue weighted by Gasteiger charge is -2.24. The molecular formula is C26H26ClF3N8O4. The molecule has 5 rings (SSSR count). The molecular weight excluding hydrogens is 581 g/mol. The summed E-state index contributed by atoms with van der Waals surface area (Å²) in [6.07, 6.45) is -3.25. The number of hydrogen-bond acceptors (Lipinski definition) is 8. The van der Waals surface area contributed by atoms with Gasteiger partial charge in [0.2, 0.25) is 0 Å². The summed E-state index contributed by atoms with van der Waals surface area (Å²) in [7, 11) is 1.58. The molecule has 1 aromatic carbocycles. The van der Waals surface area contributed by atoms with Crippen LogP contribution in [0, 0.1) is 0 Å². The Kier molecular flexibility index (Phi) is 8.43. The number of pyridine rings is 1. The second-order valence-corrected chi connectivity index (χ2v) is 10.1. The van der Waals surface area contributed by atoms with Crippen molar-refractivity contribution in [2.24, 2.45) is 0 Å². The minimum atomic E-state index is -4.95. The number of carbonyl (C=O) groups excluding carboxylic acids is 1. The number of alkyl halides is 3. The number of aliphatic hydroxyl groups excluding tert-OH is 1. The number of ether oxygens (including phenoxy) is 1. The van der Waals surface area contributed by atoms with Crippen LogP contribution >= 0.6 is 11.6 Å². The summed E-state index contributed by atoms with van der Waals surface area (Å²) in [6.45, 7) is -0.385. The summed E-state index contributed by atoms with van der Waals surface area (Å²) in [5.74, 6) is -0.0330. The maximum absolute atomic E-state index is 13.4. The lowest BCUT2D eigenvalue weighted by molar-refractivity contribution is -0.207. The van der Waals surface area contributed by atoms with Crippen molar-refractivity contribution in [3.63, 3.8) is 0 Å². The Morgan fingerprint density at radius 1 is 1.19 bits per heavy atom. The van der Waals surface area contributed by atoms with E-state index in [1.165, 1.54) is 41.5 Å². The maximum Gasteiger partial charge on any atom is 0.416 e. The fourth-order valence-corrected chi connectivity index (χ4v) is 4.90. The van der Waals surface area contributed by atoms with Crippen molar-refractivity contribution in [2.45, 2.75) is 44.3 Å². The van der Waals surface area contributed by atoms with E-state index in [4.69, 9.17) is 16.3 Å². The minimum absolute atomic E-state index is 0.0606. The number of hydrogen-bond donors (Lipinski definition) is 1. The highest BCUT2D eigenvalue weighted by Crippen LogP contribution is 2.25. The van der Waals surface area contributed by atoms with E-state index in [0.717, 1.165) is 22.1 Å². The van der Waals surface area contributed by atoms with Crippen molar-refractivity contribution in [3.05, 3.63) is 75.8 Å². The van der Waals surface area contributed by atoms with E-state index >= 15 is 0 Å². The largest absolute Gasteiger partial charge is 0.416 e. The second kappa shape index (κ2) is 12.0. The van der Waals surface area contributed by atoms with Crippen molar-refractivity contribution >= 4 is 17.5 Å². The zero-order valence-electron chi connectivity index (χ0n) is 22.3. The first kappa shape index (κ1) is 29.4. The highest BCUT2D eigenvalue weighted by atomic mass is 35.5. The molecule has 0 spiro atoms. The third-order valence-electron chi connectivity index (χ3n) is 6.82. The summed E-state index contributed by atoms with van der Waals surface area (Å²) in [5, 5.41) is 18.6. The van der Waals surface area contributed by atoms with Gasteiger partial charge in [-0.1, -0.05) is 11.6 Å². The van der Waals surface area contributed by atoms with Crippen LogP contribution in [-0.4, -0.2) is 88.6 Å². The molecule has 3 aromatic heterocycles. The predicted molar refractivity (Wildman–Crippen MR) is 143 cm³/mol. The zero-order chi connectivity index (χ0) is 30.0. The summed E-state index contributed by atoms with van der Waals surface area (Å²) in [6, 6.07) is 9.19. The van der Waals surface area contributed by atoms with Crippen LogP contribution in [0.3, 0.4) is 0 Å². The van der Waals surface area contributed by atoms with Crippen LogP contribution in [0.1, 0.15) is 29.0 Å². The van der Waals surface area contributed by atoms with E-state index in [2.05, 4.69) is 20.2 Å². The third kappa shape index (κ3) is 6.07. The molecule has 0 aliphatic carbocycles. The first-order valence-electron chi connectivity index (χ1n) is 12.9. The van der Waals surface area contributed by atoms with Crippen LogP contribution in [0.15, 0.2) is 53.7 Å². The van der Waals surface area contributed by atoms with Crippen LogP contribution < -0.4 is 5.69 Å². The molecule has 42 heavy (non-hydrogen) atoms. The van der Waals surface area contributed by atoms with Gasteiger partial charge in [0.25, 0.3) is 5.91 Å². The normalized spacial score (nSPS) is 16.2. The molecule has 1 N–H and O–H groups in total. The van der Waals surface area contributed by atoms with E-state index in [9.17, 15) is 27.9 Å². The lowest BCUT2D eigenvalue weighted by Crippen LogP contribution is -2.38. The molecule has 1 unspecified atom stereocenters. The summed E-state index contributed by atoms with van der Waals surface area (Å²) in [5.41, 5.74) is -0.301. The van der Waals surface area contributed by atoms with Gasteiger partial charge >= 0.3 is 11.9 Å². The number of likely N-dealkylation sites (tertiary alicyclic amines) is 1. The van der Waals surface area contributed by atoms with Gasteiger partial charge in [-0.25, -0.2) is 24.1 Å². The number of nitrogens with zero attached hydrogens (tertiary/aromatic N) is 8. The number of benzene rings is 1. The highest BCUT2D eigenvalue weighted by molar-refractivity contribution is 6.30. The topological polar surface area (TPSA) is 133 Å².